The summed E-state index contributed by atoms with van der Waals surface area (Å²) in [5.41, 5.74) is 4.83. The molecule has 1 unspecified atom stereocenters. The number of nitrogens with one attached hydrogen (secondary N) is 2. The van der Waals surface area contributed by atoms with E-state index in [1.165, 1.54) is 0 Å². The highest BCUT2D eigenvalue weighted by Crippen LogP contribution is 2.36. The summed E-state index contributed by atoms with van der Waals surface area (Å²) < 4.78 is 22.0. The van der Waals surface area contributed by atoms with Crippen molar-refractivity contribution in [2.45, 2.75) is 23.8 Å². The van der Waals surface area contributed by atoms with Crippen molar-refractivity contribution in [3.05, 3.63) is 78.6 Å². The summed E-state index contributed by atoms with van der Waals surface area (Å²) in [6, 6.07) is 19.6. The number of H-pyrrole nitrogens is 1. The van der Waals surface area contributed by atoms with Crippen molar-refractivity contribution in [3.8, 4) is 11.3 Å². The Bertz CT molecular complexity index is 1320. The zero-order chi connectivity index (χ0) is 22.1. The van der Waals surface area contributed by atoms with Crippen LogP contribution in [0.4, 0.5) is 5.69 Å². The summed E-state index contributed by atoms with van der Waals surface area (Å²) in [5, 5.41) is 11.2. The van der Waals surface area contributed by atoms with Crippen molar-refractivity contribution in [3.63, 3.8) is 0 Å². The third kappa shape index (κ3) is 4.13. The summed E-state index contributed by atoms with van der Waals surface area (Å²) in [6.45, 7) is 1.34. The van der Waals surface area contributed by atoms with Gasteiger partial charge in [-0.1, -0.05) is 24.3 Å². The summed E-state index contributed by atoms with van der Waals surface area (Å²) in [5.74, 6) is 0.243. The number of para-hydroxylation sites is 1. The summed E-state index contributed by atoms with van der Waals surface area (Å²) in [6.07, 6.45) is 4.40. The van der Waals surface area contributed by atoms with Crippen LogP contribution in [-0.4, -0.2) is 44.2 Å². The zero-order valence-electron chi connectivity index (χ0n) is 17.7. The van der Waals surface area contributed by atoms with Crippen LogP contribution >= 0.6 is 0 Å². The summed E-state index contributed by atoms with van der Waals surface area (Å²) >= 11 is 0. The van der Waals surface area contributed by atoms with Gasteiger partial charge in [0.05, 0.1) is 15.8 Å². The Morgan fingerprint density at radius 1 is 1.16 bits per heavy atom. The fourth-order valence-corrected chi connectivity index (χ4v) is 5.67. The molecular formula is C25H26N4O2S. The number of β-amino-alcohol motifs (C(OH)–C–C–N with tert-alkyl or cyclic N) is 1. The van der Waals surface area contributed by atoms with E-state index in [0.29, 0.717) is 17.9 Å². The molecule has 2 aromatic carbocycles. The van der Waals surface area contributed by atoms with Gasteiger partial charge in [-0.3, -0.25) is 4.98 Å². The number of hydrogen-bond donors (Lipinski definition) is 3. The van der Waals surface area contributed by atoms with Crippen molar-refractivity contribution >= 4 is 26.3 Å². The summed E-state index contributed by atoms with van der Waals surface area (Å²) in [4.78, 5) is 10.3. The monoisotopic (exact) mass is 446 g/mol. The first-order valence-corrected chi connectivity index (χ1v) is 12.5. The molecule has 7 heteroatoms. The van der Waals surface area contributed by atoms with Gasteiger partial charge in [0, 0.05) is 64.0 Å². The average molecular weight is 447 g/mol. The maximum Gasteiger partial charge on any atom is 0.0731 e. The molecule has 4 aromatic rings. The lowest BCUT2D eigenvalue weighted by Crippen LogP contribution is -2.22. The lowest BCUT2D eigenvalue weighted by atomic mass is 10.1. The van der Waals surface area contributed by atoms with Crippen LogP contribution in [0.3, 0.4) is 0 Å². The Hall–Kier alpha value is -3.16. The smallest absolute Gasteiger partial charge is 0.0731 e. The van der Waals surface area contributed by atoms with Crippen LogP contribution in [0.15, 0.2) is 78.0 Å². The van der Waals surface area contributed by atoms with Gasteiger partial charge in [-0.25, -0.2) is 8.99 Å². The number of pyridine rings is 1. The van der Waals surface area contributed by atoms with E-state index in [1.807, 2.05) is 48.5 Å². The Labute approximate surface area is 187 Å². The molecule has 1 aliphatic rings. The number of aryl methyl sites for hydroxylation is 1. The van der Waals surface area contributed by atoms with Gasteiger partial charge in [0.2, 0.25) is 0 Å². The van der Waals surface area contributed by atoms with Gasteiger partial charge in [0.1, 0.15) is 0 Å². The molecule has 3 heterocycles. The van der Waals surface area contributed by atoms with E-state index in [-0.39, 0.29) is 11.9 Å². The van der Waals surface area contributed by atoms with Crippen molar-refractivity contribution in [2.75, 3.05) is 23.7 Å². The highest BCUT2D eigenvalue weighted by Gasteiger charge is 2.24. The average Bonchev–Trinajstić information content (AvgIpc) is 3.44. The van der Waals surface area contributed by atoms with Crippen LogP contribution in [0, 0.1) is 4.78 Å². The van der Waals surface area contributed by atoms with E-state index in [0.717, 1.165) is 46.4 Å². The predicted octanol–water partition coefficient (Wildman–Crippen LogP) is 4.45. The maximum absolute atomic E-state index is 13.4. The molecule has 0 amide bonds. The molecule has 0 radical (unpaired) electrons. The number of anilines is 1. The first kappa shape index (κ1) is 20.7. The van der Waals surface area contributed by atoms with Crippen molar-refractivity contribution in [1.29, 1.82) is 4.78 Å². The standard InChI is InChI=1S/C25H26N4O2S/c26-32(31,13-10-18-4-3-11-27-16-18)21-7-8-25(29-12-9-20(30)17-29)22(15-21)24-14-19-5-1-2-6-23(19)28-24/h1-8,11,14-16,20,26,28,30H,9-10,12-13,17H2/t20-,32?/m0/s1. The van der Waals surface area contributed by atoms with Gasteiger partial charge < -0.3 is 15.0 Å². The van der Waals surface area contributed by atoms with Crippen LogP contribution in [-0.2, 0) is 16.1 Å². The number of fused-ring (bicyclic) bond motifs is 1. The molecule has 164 valence electrons. The molecule has 2 aromatic heterocycles. The maximum atomic E-state index is 13.4. The third-order valence-electron chi connectivity index (χ3n) is 6.07. The number of aliphatic hydroxyl groups excluding tert-OH is 1. The highest BCUT2D eigenvalue weighted by atomic mass is 32.2. The van der Waals surface area contributed by atoms with Crippen molar-refractivity contribution < 1.29 is 9.32 Å². The molecule has 32 heavy (non-hydrogen) atoms. The second-order valence-electron chi connectivity index (χ2n) is 8.33. The molecule has 0 aliphatic carbocycles. The molecule has 1 saturated heterocycles. The largest absolute Gasteiger partial charge is 0.391 e. The molecular weight excluding hydrogens is 420 g/mol. The molecule has 5 rings (SSSR count). The predicted molar refractivity (Wildman–Crippen MR) is 129 cm³/mol. The van der Waals surface area contributed by atoms with E-state index in [2.05, 4.69) is 27.0 Å². The minimum absolute atomic E-state index is 0.243. The molecule has 0 bridgehead atoms. The van der Waals surface area contributed by atoms with E-state index < -0.39 is 9.73 Å². The zero-order valence-corrected chi connectivity index (χ0v) is 18.5. The lowest BCUT2D eigenvalue weighted by molar-refractivity contribution is 0.198. The topological polar surface area (TPSA) is 93.1 Å². The molecule has 0 saturated carbocycles. The van der Waals surface area contributed by atoms with E-state index >= 15 is 0 Å². The number of rotatable bonds is 6. The molecule has 0 spiro atoms. The molecule has 1 aliphatic heterocycles. The van der Waals surface area contributed by atoms with Crippen LogP contribution in [0.25, 0.3) is 22.2 Å². The Balaban J connectivity index is 1.54. The molecule has 2 atom stereocenters. The van der Waals surface area contributed by atoms with Gasteiger partial charge in [-0.2, -0.15) is 0 Å². The van der Waals surface area contributed by atoms with Gasteiger partial charge in [-0.05, 0) is 54.8 Å². The first-order chi connectivity index (χ1) is 15.5. The molecule has 6 nitrogen and oxygen atoms in total. The SMILES string of the molecule is N=S(=O)(CCc1cccnc1)c1ccc(N2CC[C@H](O)C2)c(-c2cc3ccccc3[nH]2)c1. The number of aromatic nitrogens is 2. The van der Waals surface area contributed by atoms with E-state index in [4.69, 9.17) is 4.78 Å². The van der Waals surface area contributed by atoms with Crippen LogP contribution < -0.4 is 4.90 Å². The van der Waals surface area contributed by atoms with Gasteiger partial charge in [0.15, 0.2) is 0 Å². The minimum atomic E-state index is -2.98. The van der Waals surface area contributed by atoms with Gasteiger partial charge in [-0.15, -0.1) is 0 Å². The van der Waals surface area contributed by atoms with Gasteiger partial charge in [0.25, 0.3) is 0 Å². The first-order valence-electron chi connectivity index (χ1n) is 10.8. The number of hydrogen-bond acceptors (Lipinski definition) is 5. The van der Waals surface area contributed by atoms with E-state index in [9.17, 15) is 9.32 Å². The second kappa shape index (κ2) is 8.41. The fraction of sp³-hybridized carbons (Fsp3) is 0.240. The van der Waals surface area contributed by atoms with E-state index in [1.54, 1.807) is 12.4 Å². The van der Waals surface area contributed by atoms with Crippen LogP contribution in [0.1, 0.15) is 12.0 Å². The molecule has 1 fully saturated rings. The van der Waals surface area contributed by atoms with Crippen molar-refractivity contribution in [2.24, 2.45) is 0 Å². The number of aliphatic hydroxyl groups is 1. The normalized spacial score (nSPS) is 18.2. The Kier molecular flexibility index (Phi) is 5.45. The fourth-order valence-electron chi connectivity index (χ4n) is 4.32. The van der Waals surface area contributed by atoms with Gasteiger partial charge >= 0.3 is 0 Å². The van der Waals surface area contributed by atoms with Crippen LogP contribution in [0.2, 0.25) is 0 Å². The second-order valence-corrected chi connectivity index (χ2v) is 10.6. The number of nitrogens with zero attached hydrogens (tertiary/aromatic N) is 2. The number of benzene rings is 2. The Morgan fingerprint density at radius 3 is 2.78 bits per heavy atom. The summed E-state index contributed by atoms with van der Waals surface area (Å²) in [7, 11) is -2.98. The van der Waals surface area contributed by atoms with Crippen molar-refractivity contribution in [1.82, 2.24) is 9.97 Å². The Morgan fingerprint density at radius 2 is 2.03 bits per heavy atom. The lowest BCUT2D eigenvalue weighted by Gasteiger charge is -2.22. The molecule has 3 N–H and O–H groups in total. The quantitative estimate of drug-likeness (QED) is 0.408. The van der Waals surface area contributed by atoms with Crippen LogP contribution in [0.5, 0.6) is 0 Å². The third-order valence-corrected chi connectivity index (χ3v) is 7.87. The highest BCUT2D eigenvalue weighted by molar-refractivity contribution is 7.92. The minimum Gasteiger partial charge on any atom is -0.391 e. The number of aromatic amines is 1.